The van der Waals surface area contributed by atoms with E-state index in [0.29, 0.717) is 0 Å². The van der Waals surface area contributed by atoms with Gasteiger partial charge in [0.15, 0.2) is 0 Å². The van der Waals surface area contributed by atoms with Crippen LogP contribution < -0.4 is 10.1 Å². The predicted octanol–water partition coefficient (Wildman–Crippen LogP) is 1.17. The number of nitrogens with one attached hydrogen (secondary N) is 1. The largest absolute Gasteiger partial charge is 0.405 e. The average Bonchev–Trinajstić information content (AvgIpc) is 2.40. The average molecular weight is 285 g/mol. The molecule has 19 heavy (non-hydrogen) atoms. The molecule has 1 atom stereocenters. The number of nitrogens with zero attached hydrogens (tertiary/aromatic N) is 1. The number of pyridine rings is 1. The molecular formula is C13H17ClN2O3. The van der Waals surface area contributed by atoms with Gasteiger partial charge in [-0.3, -0.25) is 0 Å². The normalized spacial score (nSPS) is 16.0. The Bertz CT molecular complexity index is 475. The smallest absolute Gasteiger partial charge is 0.341 e. The lowest BCUT2D eigenvalue weighted by Gasteiger charge is -2.16. The van der Waals surface area contributed by atoms with Gasteiger partial charge >= 0.3 is 5.97 Å². The number of aromatic nitrogens is 1. The van der Waals surface area contributed by atoms with E-state index in [-0.39, 0.29) is 18.3 Å². The molecule has 1 unspecified atom stereocenters. The Morgan fingerprint density at radius 2 is 2.37 bits per heavy atom. The van der Waals surface area contributed by atoms with Crippen LogP contribution in [0.4, 0.5) is 0 Å². The van der Waals surface area contributed by atoms with Gasteiger partial charge in [0.25, 0.3) is 0 Å². The molecule has 1 aromatic rings. The number of carbonyl (C=O) groups is 1. The molecule has 0 radical (unpaired) electrons. The molecule has 6 heteroatoms. The predicted molar refractivity (Wildman–Crippen MR) is 74.3 cm³/mol. The van der Waals surface area contributed by atoms with Crippen molar-refractivity contribution in [2.45, 2.75) is 19.4 Å². The Morgan fingerprint density at radius 3 is 3.00 bits per heavy atom. The summed E-state index contributed by atoms with van der Waals surface area (Å²) in [5.74, 6) is -0.430. The maximum Gasteiger partial charge on any atom is 0.341 e. The molecule has 2 heterocycles. The molecule has 1 aromatic heterocycles. The number of hydrogen-bond acceptors (Lipinski definition) is 5. The Kier molecular flexibility index (Phi) is 5.95. The quantitative estimate of drug-likeness (QED) is 0.815. The van der Waals surface area contributed by atoms with Crippen LogP contribution in [0.15, 0.2) is 24.4 Å². The van der Waals surface area contributed by atoms with Crippen molar-refractivity contribution in [3.8, 4) is 5.88 Å². The SMILES string of the molecule is CC(O)C(=O)Oc1ncccc1C1=CCNCC1.Cl. The van der Waals surface area contributed by atoms with Crippen molar-refractivity contribution < 1.29 is 14.6 Å². The van der Waals surface area contributed by atoms with E-state index < -0.39 is 12.1 Å². The second-order valence-electron chi connectivity index (χ2n) is 4.14. The van der Waals surface area contributed by atoms with E-state index in [0.717, 1.165) is 30.6 Å². The number of rotatable bonds is 3. The minimum Gasteiger partial charge on any atom is -0.405 e. The van der Waals surface area contributed by atoms with Crippen LogP contribution >= 0.6 is 12.4 Å². The standard InChI is InChI=1S/C13H16N2O3.ClH/c1-9(16)13(17)18-12-11(3-2-6-15-12)10-4-7-14-8-5-10;/h2-4,6,9,14,16H,5,7-8H2,1H3;1H. The summed E-state index contributed by atoms with van der Waals surface area (Å²) in [5.41, 5.74) is 1.92. The maximum atomic E-state index is 11.4. The van der Waals surface area contributed by atoms with E-state index in [1.165, 1.54) is 6.92 Å². The van der Waals surface area contributed by atoms with Gasteiger partial charge in [0.2, 0.25) is 5.88 Å². The summed E-state index contributed by atoms with van der Waals surface area (Å²) in [7, 11) is 0. The lowest BCUT2D eigenvalue weighted by molar-refractivity contribution is -0.143. The van der Waals surface area contributed by atoms with Crippen molar-refractivity contribution in [1.29, 1.82) is 0 Å². The summed E-state index contributed by atoms with van der Waals surface area (Å²) in [6.45, 7) is 3.06. The maximum absolute atomic E-state index is 11.4. The van der Waals surface area contributed by atoms with E-state index in [4.69, 9.17) is 9.84 Å². The van der Waals surface area contributed by atoms with Crippen molar-refractivity contribution in [1.82, 2.24) is 10.3 Å². The fourth-order valence-electron chi connectivity index (χ4n) is 1.76. The number of esters is 1. The van der Waals surface area contributed by atoms with Crippen LogP contribution in [-0.2, 0) is 4.79 Å². The second-order valence-corrected chi connectivity index (χ2v) is 4.14. The third kappa shape index (κ3) is 4.02. The lowest BCUT2D eigenvalue weighted by Crippen LogP contribution is -2.24. The highest BCUT2D eigenvalue weighted by Gasteiger charge is 2.17. The van der Waals surface area contributed by atoms with Gasteiger partial charge in [0.05, 0.1) is 0 Å². The van der Waals surface area contributed by atoms with E-state index in [9.17, 15) is 4.79 Å². The highest BCUT2D eigenvalue weighted by molar-refractivity contribution is 5.85. The molecule has 0 saturated heterocycles. The zero-order chi connectivity index (χ0) is 13.0. The Morgan fingerprint density at radius 1 is 1.58 bits per heavy atom. The first-order valence-electron chi connectivity index (χ1n) is 5.93. The first-order chi connectivity index (χ1) is 8.68. The van der Waals surface area contributed by atoms with Gasteiger partial charge < -0.3 is 15.2 Å². The zero-order valence-corrected chi connectivity index (χ0v) is 11.4. The van der Waals surface area contributed by atoms with Crippen molar-refractivity contribution in [3.63, 3.8) is 0 Å². The number of halogens is 1. The molecule has 5 nitrogen and oxygen atoms in total. The van der Waals surface area contributed by atoms with Gasteiger partial charge in [-0.15, -0.1) is 12.4 Å². The minimum atomic E-state index is -1.15. The van der Waals surface area contributed by atoms with Crippen LogP contribution in [0.5, 0.6) is 5.88 Å². The third-order valence-electron chi connectivity index (χ3n) is 2.72. The van der Waals surface area contributed by atoms with Gasteiger partial charge in [-0.2, -0.15) is 0 Å². The van der Waals surface area contributed by atoms with Gasteiger partial charge in [-0.05, 0) is 37.6 Å². The van der Waals surface area contributed by atoms with Crippen molar-refractivity contribution in [2.24, 2.45) is 0 Å². The summed E-state index contributed by atoms with van der Waals surface area (Å²) < 4.78 is 5.10. The van der Waals surface area contributed by atoms with Crippen LogP contribution in [0, 0.1) is 0 Å². The van der Waals surface area contributed by atoms with Crippen molar-refractivity contribution >= 4 is 23.9 Å². The highest BCUT2D eigenvalue weighted by Crippen LogP contribution is 2.27. The van der Waals surface area contributed by atoms with Crippen LogP contribution in [0.1, 0.15) is 18.9 Å². The van der Waals surface area contributed by atoms with Crippen LogP contribution in [0.2, 0.25) is 0 Å². The Labute approximate surface area is 118 Å². The molecule has 1 aliphatic rings. The van der Waals surface area contributed by atoms with E-state index in [1.54, 1.807) is 12.3 Å². The molecule has 0 aromatic carbocycles. The summed E-state index contributed by atoms with van der Waals surface area (Å²) in [6.07, 6.45) is 3.34. The van der Waals surface area contributed by atoms with E-state index in [1.807, 2.05) is 6.07 Å². The summed E-state index contributed by atoms with van der Waals surface area (Å²) >= 11 is 0. The fraction of sp³-hybridized carbons (Fsp3) is 0.385. The van der Waals surface area contributed by atoms with E-state index >= 15 is 0 Å². The van der Waals surface area contributed by atoms with Crippen LogP contribution in [-0.4, -0.2) is 35.3 Å². The van der Waals surface area contributed by atoms with Crippen LogP contribution in [0.25, 0.3) is 5.57 Å². The Hall–Kier alpha value is -1.43. The van der Waals surface area contributed by atoms with Gasteiger partial charge in [-0.1, -0.05) is 6.08 Å². The number of carbonyl (C=O) groups excluding carboxylic acids is 1. The number of ether oxygens (including phenoxy) is 1. The molecule has 0 fully saturated rings. The topological polar surface area (TPSA) is 71.5 Å². The van der Waals surface area contributed by atoms with Crippen molar-refractivity contribution in [2.75, 3.05) is 13.1 Å². The number of hydrogen-bond donors (Lipinski definition) is 2. The monoisotopic (exact) mass is 284 g/mol. The highest BCUT2D eigenvalue weighted by atomic mass is 35.5. The van der Waals surface area contributed by atoms with Gasteiger partial charge in [0, 0.05) is 18.3 Å². The molecule has 0 amide bonds. The molecule has 0 bridgehead atoms. The summed E-state index contributed by atoms with van der Waals surface area (Å²) in [4.78, 5) is 15.5. The first-order valence-corrected chi connectivity index (χ1v) is 5.93. The van der Waals surface area contributed by atoms with Crippen molar-refractivity contribution in [3.05, 3.63) is 30.0 Å². The summed E-state index contributed by atoms with van der Waals surface area (Å²) in [6, 6.07) is 3.67. The molecule has 0 spiro atoms. The van der Waals surface area contributed by atoms with Gasteiger partial charge in [0.1, 0.15) is 6.10 Å². The molecule has 104 valence electrons. The lowest BCUT2D eigenvalue weighted by atomic mass is 10.0. The number of aliphatic hydroxyl groups is 1. The number of aliphatic hydroxyl groups excluding tert-OH is 1. The molecule has 1 aliphatic heterocycles. The summed E-state index contributed by atoms with van der Waals surface area (Å²) in [5, 5.41) is 12.4. The zero-order valence-electron chi connectivity index (χ0n) is 10.6. The molecule has 2 N–H and O–H groups in total. The van der Waals surface area contributed by atoms with Crippen LogP contribution in [0.3, 0.4) is 0 Å². The minimum absolute atomic E-state index is 0. The molecule has 0 saturated carbocycles. The molecular weight excluding hydrogens is 268 g/mol. The van der Waals surface area contributed by atoms with E-state index in [2.05, 4.69) is 16.4 Å². The Balaban J connectivity index is 0.00000180. The molecule has 0 aliphatic carbocycles. The third-order valence-corrected chi connectivity index (χ3v) is 2.72. The fourth-order valence-corrected chi connectivity index (χ4v) is 1.76. The molecule has 2 rings (SSSR count). The van der Waals surface area contributed by atoms with Gasteiger partial charge in [-0.25, -0.2) is 9.78 Å². The second kappa shape index (κ2) is 7.23. The first kappa shape index (κ1) is 15.6.